The number of hydrogen-bond acceptors (Lipinski definition) is 5. The number of fused-ring (bicyclic) bond motifs is 2. The van der Waals surface area contributed by atoms with Crippen molar-refractivity contribution in [1.82, 2.24) is 23.9 Å². The molecule has 0 aliphatic rings. The predicted octanol–water partition coefficient (Wildman–Crippen LogP) is 4.95. The Morgan fingerprint density at radius 1 is 0.906 bits per heavy atom. The first-order chi connectivity index (χ1) is 15.4. The van der Waals surface area contributed by atoms with E-state index >= 15 is 0 Å². The Labute approximate surface area is 190 Å². The average molecular weight is 442 g/mol. The van der Waals surface area contributed by atoms with Gasteiger partial charge in [0.15, 0.2) is 5.16 Å². The fourth-order valence-electron chi connectivity index (χ4n) is 4.04. The fourth-order valence-corrected chi connectivity index (χ4v) is 4.94. The summed E-state index contributed by atoms with van der Waals surface area (Å²) in [6, 6.07) is 15.7. The monoisotopic (exact) mass is 441 g/mol. The van der Waals surface area contributed by atoms with Crippen LogP contribution in [0.3, 0.4) is 0 Å². The molecular weight excluding hydrogens is 418 g/mol. The largest absolute Gasteiger partial charge is 0.288 e. The summed E-state index contributed by atoms with van der Waals surface area (Å²) in [6.45, 7) is 8.09. The summed E-state index contributed by atoms with van der Waals surface area (Å²) < 4.78 is 3.71. The number of aromatic nitrogens is 5. The van der Waals surface area contributed by atoms with Crippen LogP contribution in [-0.2, 0) is 5.75 Å². The number of nitrogens with zero attached hydrogens (tertiary/aromatic N) is 5. The van der Waals surface area contributed by atoms with Crippen LogP contribution < -0.4 is 5.56 Å². The summed E-state index contributed by atoms with van der Waals surface area (Å²) in [5, 5.41) is 1.26. The summed E-state index contributed by atoms with van der Waals surface area (Å²) in [7, 11) is 0. The molecule has 0 fully saturated rings. The molecule has 0 atom stereocenters. The molecule has 0 unspecified atom stereocenters. The van der Waals surface area contributed by atoms with Gasteiger partial charge in [-0.3, -0.25) is 13.8 Å². The van der Waals surface area contributed by atoms with Crippen molar-refractivity contribution in [3.05, 3.63) is 93.3 Å². The minimum Gasteiger partial charge on any atom is -0.288 e. The maximum atomic E-state index is 13.5. The Kier molecular flexibility index (Phi) is 5.06. The van der Waals surface area contributed by atoms with Gasteiger partial charge in [-0.15, -0.1) is 0 Å². The van der Waals surface area contributed by atoms with E-state index in [-0.39, 0.29) is 5.56 Å². The second-order valence-corrected chi connectivity index (χ2v) is 9.07. The van der Waals surface area contributed by atoms with Crippen LogP contribution in [0.2, 0.25) is 0 Å². The van der Waals surface area contributed by atoms with Crippen molar-refractivity contribution in [3.8, 4) is 5.69 Å². The number of hydrogen-bond donors (Lipinski definition) is 0. The fraction of sp³-hybridized carbons (Fsp3) is 0.200. The minimum absolute atomic E-state index is 0.0637. The molecule has 5 aromatic rings. The van der Waals surface area contributed by atoms with Crippen molar-refractivity contribution in [2.75, 3.05) is 0 Å². The highest BCUT2D eigenvalue weighted by atomic mass is 32.2. The van der Waals surface area contributed by atoms with Gasteiger partial charge in [0.25, 0.3) is 5.56 Å². The number of aryl methyl sites for hydroxylation is 4. The summed E-state index contributed by atoms with van der Waals surface area (Å²) in [6.07, 6.45) is 2.00. The minimum atomic E-state index is -0.0637. The van der Waals surface area contributed by atoms with Crippen LogP contribution >= 0.6 is 11.8 Å². The first kappa shape index (κ1) is 20.5. The van der Waals surface area contributed by atoms with Crippen LogP contribution in [0.15, 0.2) is 64.7 Å². The Balaban J connectivity index is 1.61. The lowest BCUT2D eigenvalue weighted by atomic mass is 10.1. The third-order valence-electron chi connectivity index (χ3n) is 5.37. The molecule has 6 nitrogen and oxygen atoms in total. The van der Waals surface area contributed by atoms with E-state index < -0.39 is 0 Å². The van der Waals surface area contributed by atoms with E-state index in [0.29, 0.717) is 27.6 Å². The van der Waals surface area contributed by atoms with Gasteiger partial charge in [-0.2, -0.15) is 0 Å². The SMILES string of the molecule is Cc1cc(C)cc(-n2c(SCc3cn4c(C)cc(C)nc4n3)nc3ccccc3c2=O)c1. The van der Waals surface area contributed by atoms with Gasteiger partial charge in [-0.25, -0.2) is 15.0 Å². The zero-order valence-corrected chi connectivity index (χ0v) is 19.3. The van der Waals surface area contributed by atoms with Crippen LogP contribution in [0.4, 0.5) is 0 Å². The molecular formula is C25H23N5OS. The van der Waals surface area contributed by atoms with Gasteiger partial charge in [0, 0.05) is 23.3 Å². The lowest BCUT2D eigenvalue weighted by molar-refractivity contribution is 0.817. The summed E-state index contributed by atoms with van der Waals surface area (Å²) in [5.74, 6) is 1.27. The Bertz CT molecular complexity index is 1530. The number of imidazole rings is 1. The van der Waals surface area contributed by atoms with Gasteiger partial charge < -0.3 is 0 Å². The highest BCUT2D eigenvalue weighted by molar-refractivity contribution is 7.98. The van der Waals surface area contributed by atoms with E-state index in [0.717, 1.165) is 33.9 Å². The maximum absolute atomic E-state index is 13.5. The normalized spacial score (nSPS) is 11.5. The Morgan fingerprint density at radius 2 is 1.66 bits per heavy atom. The van der Waals surface area contributed by atoms with E-state index in [9.17, 15) is 4.79 Å². The van der Waals surface area contributed by atoms with Crippen LogP contribution in [0, 0.1) is 27.7 Å². The predicted molar refractivity (Wildman–Crippen MR) is 129 cm³/mol. The molecule has 0 spiro atoms. The summed E-state index contributed by atoms with van der Waals surface area (Å²) in [5.41, 5.74) is 6.60. The molecule has 0 saturated carbocycles. The average Bonchev–Trinajstić information content (AvgIpc) is 3.15. The van der Waals surface area contributed by atoms with Crippen molar-refractivity contribution >= 4 is 28.4 Å². The van der Waals surface area contributed by atoms with Crippen molar-refractivity contribution in [3.63, 3.8) is 0 Å². The molecule has 0 bridgehead atoms. The first-order valence-electron chi connectivity index (χ1n) is 10.4. The summed E-state index contributed by atoms with van der Waals surface area (Å²) >= 11 is 1.51. The molecule has 5 rings (SSSR count). The number of para-hydroxylation sites is 1. The van der Waals surface area contributed by atoms with E-state index in [1.807, 2.05) is 80.8 Å². The van der Waals surface area contributed by atoms with Gasteiger partial charge in [0.2, 0.25) is 5.78 Å². The van der Waals surface area contributed by atoms with Crippen LogP contribution in [0.5, 0.6) is 0 Å². The van der Waals surface area contributed by atoms with Crippen molar-refractivity contribution < 1.29 is 0 Å². The van der Waals surface area contributed by atoms with Crippen molar-refractivity contribution in [2.45, 2.75) is 38.6 Å². The molecule has 0 saturated heterocycles. The van der Waals surface area contributed by atoms with Crippen molar-refractivity contribution in [2.24, 2.45) is 0 Å². The van der Waals surface area contributed by atoms with Crippen LogP contribution in [0.25, 0.3) is 22.4 Å². The molecule has 0 aliphatic carbocycles. The van der Waals surface area contributed by atoms with E-state index in [1.54, 1.807) is 4.57 Å². The van der Waals surface area contributed by atoms with Gasteiger partial charge in [0.1, 0.15) is 0 Å². The van der Waals surface area contributed by atoms with Crippen LogP contribution in [-0.4, -0.2) is 23.9 Å². The number of rotatable bonds is 4. The number of benzene rings is 2. The van der Waals surface area contributed by atoms with Gasteiger partial charge >= 0.3 is 0 Å². The number of thioether (sulfide) groups is 1. The maximum Gasteiger partial charge on any atom is 0.266 e. The molecule has 32 heavy (non-hydrogen) atoms. The molecule has 160 valence electrons. The van der Waals surface area contributed by atoms with E-state index in [2.05, 4.69) is 16.0 Å². The smallest absolute Gasteiger partial charge is 0.266 e. The highest BCUT2D eigenvalue weighted by Gasteiger charge is 2.15. The molecule has 3 aromatic heterocycles. The standard InChI is InChI=1S/C25H23N5OS/c1-15-9-16(2)11-20(10-15)30-23(31)21-7-5-6-8-22(21)28-25(30)32-14-19-13-29-18(4)12-17(3)26-24(29)27-19/h5-13H,14H2,1-4H3. The third-order valence-corrected chi connectivity index (χ3v) is 6.34. The van der Waals surface area contributed by atoms with Gasteiger partial charge in [-0.05, 0) is 69.2 Å². The molecule has 0 N–H and O–H groups in total. The van der Waals surface area contributed by atoms with Crippen LogP contribution in [0.1, 0.15) is 28.2 Å². The second-order valence-electron chi connectivity index (χ2n) is 8.13. The Hall–Kier alpha value is -3.45. The van der Waals surface area contributed by atoms with E-state index in [4.69, 9.17) is 4.98 Å². The molecule has 7 heteroatoms. The zero-order chi connectivity index (χ0) is 22.4. The van der Waals surface area contributed by atoms with Gasteiger partial charge in [-0.1, -0.05) is 30.0 Å². The summed E-state index contributed by atoms with van der Waals surface area (Å²) in [4.78, 5) is 27.5. The second kappa shape index (κ2) is 7.91. The highest BCUT2D eigenvalue weighted by Crippen LogP contribution is 2.25. The van der Waals surface area contributed by atoms with E-state index in [1.165, 1.54) is 11.8 Å². The third kappa shape index (κ3) is 3.69. The Morgan fingerprint density at radius 3 is 2.44 bits per heavy atom. The molecule has 2 aromatic carbocycles. The topological polar surface area (TPSA) is 65.1 Å². The van der Waals surface area contributed by atoms with Crippen molar-refractivity contribution in [1.29, 1.82) is 0 Å². The lowest BCUT2D eigenvalue weighted by Crippen LogP contribution is -2.22. The lowest BCUT2D eigenvalue weighted by Gasteiger charge is -2.14. The zero-order valence-electron chi connectivity index (χ0n) is 18.5. The molecule has 0 radical (unpaired) electrons. The molecule has 0 amide bonds. The molecule has 0 aliphatic heterocycles. The first-order valence-corrected chi connectivity index (χ1v) is 11.4. The molecule has 3 heterocycles. The van der Waals surface area contributed by atoms with Gasteiger partial charge in [0.05, 0.1) is 22.3 Å². The quantitative estimate of drug-likeness (QED) is 0.291.